The molecule has 0 radical (unpaired) electrons. The Kier molecular flexibility index (Phi) is 6.58. The van der Waals surface area contributed by atoms with Crippen LogP contribution in [0.4, 0.5) is 0 Å². The van der Waals surface area contributed by atoms with E-state index >= 15 is 0 Å². The Labute approximate surface area is 193 Å². The summed E-state index contributed by atoms with van der Waals surface area (Å²) in [5.74, 6) is 8.29. The number of fused-ring (bicyclic) bond motifs is 5. The number of hydrogen-bond donors (Lipinski definition) is 2. The molecule has 0 saturated heterocycles. The molecule has 0 aromatic carbocycles. The molecule has 4 aliphatic rings. The predicted octanol–water partition coefficient (Wildman–Crippen LogP) is 4.00. The molecule has 0 spiro atoms. The molecule has 4 aliphatic carbocycles. The number of carbonyl (C=O) groups excluding carboxylic acids is 1. The van der Waals surface area contributed by atoms with Crippen LogP contribution in [0.2, 0.25) is 0 Å². The summed E-state index contributed by atoms with van der Waals surface area (Å²) >= 11 is 0. The smallest absolute Gasteiger partial charge is 0.157 e. The van der Waals surface area contributed by atoms with Gasteiger partial charge in [0.25, 0.3) is 0 Å². The van der Waals surface area contributed by atoms with E-state index < -0.39 is 5.60 Å². The van der Waals surface area contributed by atoms with Crippen molar-refractivity contribution in [3.63, 3.8) is 0 Å². The zero-order valence-electron chi connectivity index (χ0n) is 20.5. The summed E-state index contributed by atoms with van der Waals surface area (Å²) in [6.07, 6.45) is 11.3. The zero-order chi connectivity index (χ0) is 23.1. The second-order valence-corrected chi connectivity index (χ2v) is 11.9. The number of ketones is 1. The number of nitrogens with zero attached hydrogens (tertiary/aromatic N) is 2. The average molecular weight is 446 g/mol. The average Bonchev–Trinajstić information content (AvgIpc) is 3.10. The van der Waals surface area contributed by atoms with Crippen molar-refractivity contribution in [2.45, 2.75) is 84.2 Å². The number of hydrazone groups is 1. The van der Waals surface area contributed by atoms with Crippen molar-refractivity contribution in [3.05, 3.63) is 0 Å². The van der Waals surface area contributed by atoms with Gasteiger partial charge in [-0.3, -0.25) is 9.79 Å². The Hall–Kier alpha value is -1.27. The van der Waals surface area contributed by atoms with E-state index in [4.69, 9.17) is 10.6 Å². The van der Waals surface area contributed by atoms with Crippen molar-refractivity contribution in [2.24, 2.45) is 56.4 Å². The van der Waals surface area contributed by atoms with Crippen molar-refractivity contribution < 1.29 is 14.6 Å². The summed E-state index contributed by atoms with van der Waals surface area (Å²) in [4.78, 5) is 17.6. The van der Waals surface area contributed by atoms with Gasteiger partial charge in [-0.1, -0.05) is 13.8 Å². The van der Waals surface area contributed by atoms with Gasteiger partial charge in [0.1, 0.15) is 0 Å². The maximum Gasteiger partial charge on any atom is 0.157 e. The lowest BCUT2D eigenvalue weighted by Gasteiger charge is -2.62. The van der Waals surface area contributed by atoms with Crippen molar-refractivity contribution in [2.75, 3.05) is 20.3 Å². The van der Waals surface area contributed by atoms with Gasteiger partial charge in [0.2, 0.25) is 0 Å². The molecule has 6 nitrogen and oxygen atoms in total. The highest BCUT2D eigenvalue weighted by atomic mass is 16.5. The van der Waals surface area contributed by atoms with Gasteiger partial charge in [0.15, 0.2) is 5.78 Å². The molecular weight excluding hydrogens is 402 g/mol. The minimum Gasteiger partial charge on any atom is -0.387 e. The standard InChI is InChI=1S/C26H43N3O3/c1-17(14-29-27)28-15-23(30)22-8-7-20-19-6-5-18-13-26(31,16-32-4)12-11-24(18,2)21(19)9-10-25(20,22)3/h14,18-22,31H,5-13,15-16,27H2,1-4H3/b28-17?,29-14-/t18-,19-,20-,21-,22+,24-,25-,26+/m0/s1. The Morgan fingerprint density at radius 1 is 1.09 bits per heavy atom. The number of Topliss-reactive ketones (excluding diaryl/α,β-unsaturated/α-hetero) is 1. The Morgan fingerprint density at radius 2 is 1.84 bits per heavy atom. The summed E-state index contributed by atoms with van der Waals surface area (Å²) in [7, 11) is 1.70. The third-order valence-corrected chi connectivity index (χ3v) is 10.4. The highest BCUT2D eigenvalue weighted by Gasteiger charge is 2.62. The normalized spacial score (nSPS) is 46.5. The summed E-state index contributed by atoms with van der Waals surface area (Å²) < 4.78 is 5.35. The number of aliphatic imine (C=N–C) groups is 1. The molecule has 3 N–H and O–H groups in total. The van der Waals surface area contributed by atoms with Gasteiger partial charge in [-0.2, -0.15) is 5.10 Å². The third-order valence-electron chi connectivity index (χ3n) is 10.4. The quantitative estimate of drug-likeness (QED) is 0.367. The SMILES string of the molecule is COC[C@@]1(O)CC[C@@]2(C)[C@@H](CC[C@@H]3[C@@H]2CC[C@]2(C)[C@@H](C(=O)CN=C(C)/C=N\N)CC[C@@H]32)C1. The number of carbonyl (C=O) groups is 1. The molecule has 0 amide bonds. The molecule has 4 rings (SSSR count). The highest BCUT2D eigenvalue weighted by molar-refractivity contribution is 6.29. The number of nitrogens with two attached hydrogens (primary N) is 1. The fourth-order valence-electron chi connectivity index (χ4n) is 8.71. The maximum atomic E-state index is 13.2. The van der Waals surface area contributed by atoms with Crippen molar-refractivity contribution in [1.29, 1.82) is 0 Å². The first kappa shape index (κ1) is 23.9. The molecular formula is C26H43N3O3. The van der Waals surface area contributed by atoms with E-state index in [0.717, 1.165) is 43.9 Å². The van der Waals surface area contributed by atoms with E-state index in [1.807, 2.05) is 6.92 Å². The second kappa shape index (κ2) is 8.83. The highest BCUT2D eigenvalue weighted by Crippen LogP contribution is 2.68. The Bertz CT molecular complexity index is 782. The van der Waals surface area contributed by atoms with Crippen LogP contribution >= 0.6 is 0 Å². The first-order valence-electron chi connectivity index (χ1n) is 12.7. The molecule has 0 aliphatic heterocycles. The molecule has 0 unspecified atom stereocenters. The lowest BCUT2D eigenvalue weighted by Crippen LogP contribution is -2.56. The first-order chi connectivity index (χ1) is 15.2. The van der Waals surface area contributed by atoms with E-state index in [9.17, 15) is 9.90 Å². The van der Waals surface area contributed by atoms with Crippen molar-refractivity contribution >= 4 is 17.7 Å². The monoisotopic (exact) mass is 445 g/mol. The largest absolute Gasteiger partial charge is 0.387 e. The van der Waals surface area contributed by atoms with Gasteiger partial charge >= 0.3 is 0 Å². The van der Waals surface area contributed by atoms with E-state index in [2.05, 4.69) is 23.9 Å². The Balaban J connectivity index is 1.48. The fraction of sp³-hybridized carbons (Fsp3) is 0.885. The molecule has 32 heavy (non-hydrogen) atoms. The summed E-state index contributed by atoms with van der Waals surface area (Å²) in [6.45, 7) is 7.45. The number of methoxy groups -OCH3 is 1. The lowest BCUT2D eigenvalue weighted by molar-refractivity contribution is -0.164. The van der Waals surface area contributed by atoms with Crippen LogP contribution in [-0.4, -0.2) is 48.7 Å². The van der Waals surface area contributed by atoms with Gasteiger partial charge in [0.05, 0.1) is 30.7 Å². The maximum absolute atomic E-state index is 13.2. The van der Waals surface area contributed by atoms with Gasteiger partial charge in [0, 0.05) is 13.0 Å². The van der Waals surface area contributed by atoms with Crippen LogP contribution in [0.1, 0.15) is 78.6 Å². The molecule has 0 aromatic heterocycles. The summed E-state index contributed by atoms with van der Waals surface area (Å²) in [5.41, 5.74) is 0.488. The minimum atomic E-state index is -0.646. The zero-order valence-corrected chi connectivity index (χ0v) is 20.5. The van der Waals surface area contributed by atoms with Gasteiger partial charge in [-0.25, -0.2) is 0 Å². The molecule has 4 saturated carbocycles. The van der Waals surface area contributed by atoms with E-state index in [0.29, 0.717) is 35.4 Å². The predicted molar refractivity (Wildman–Crippen MR) is 128 cm³/mol. The summed E-state index contributed by atoms with van der Waals surface area (Å²) in [6, 6.07) is 0. The molecule has 180 valence electrons. The van der Waals surface area contributed by atoms with Crippen molar-refractivity contribution in [1.82, 2.24) is 0 Å². The van der Waals surface area contributed by atoms with Gasteiger partial charge in [-0.15, -0.1) is 0 Å². The minimum absolute atomic E-state index is 0.109. The van der Waals surface area contributed by atoms with Gasteiger partial charge in [-0.05, 0) is 99.2 Å². The lowest BCUT2D eigenvalue weighted by atomic mass is 9.44. The van der Waals surface area contributed by atoms with Crippen LogP contribution in [0.15, 0.2) is 10.1 Å². The molecule has 4 fully saturated rings. The molecule has 6 heteroatoms. The van der Waals surface area contributed by atoms with Crippen LogP contribution in [-0.2, 0) is 9.53 Å². The fourth-order valence-corrected chi connectivity index (χ4v) is 8.71. The molecule has 0 heterocycles. The number of rotatable bonds is 6. The molecule has 0 bridgehead atoms. The first-order valence-corrected chi connectivity index (χ1v) is 12.7. The van der Waals surface area contributed by atoms with Crippen LogP contribution in [0.25, 0.3) is 0 Å². The van der Waals surface area contributed by atoms with Crippen LogP contribution < -0.4 is 5.84 Å². The van der Waals surface area contributed by atoms with E-state index in [1.54, 1.807) is 7.11 Å². The van der Waals surface area contributed by atoms with Crippen molar-refractivity contribution in [3.8, 4) is 0 Å². The van der Waals surface area contributed by atoms with Crippen LogP contribution in [0.5, 0.6) is 0 Å². The molecule has 0 aromatic rings. The Morgan fingerprint density at radius 3 is 2.56 bits per heavy atom. The topological polar surface area (TPSA) is 97.3 Å². The van der Waals surface area contributed by atoms with E-state index in [-0.39, 0.29) is 17.9 Å². The second-order valence-electron chi connectivity index (χ2n) is 11.9. The van der Waals surface area contributed by atoms with E-state index in [1.165, 1.54) is 31.9 Å². The summed E-state index contributed by atoms with van der Waals surface area (Å²) in [5, 5.41) is 14.5. The third kappa shape index (κ3) is 3.96. The number of ether oxygens (including phenoxy) is 1. The molecule has 8 atom stereocenters. The van der Waals surface area contributed by atoms with Crippen LogP contribution in [0, 0.1) is 40.4 Å². The number of aliphatic hydroxyl groups is 1. The van der Waals surface area contributed by atoms with Crippen LogP contribution in [0.3, 0.4) is 0 Å². The van der Waals surface area contributed by atoms with Gasteiger partial charge < -0.3 is 15.7 Å². The number of hydrogen-bond acceptors (Lipinski definition) is 6.